The molecule has 0 bridgehead atoms. The lowest BCUT2D eigenvalue weighted by Crippen LogP contribution is -2.22. The zero-order chi connectivity index (χ0) is 14.7. The number of pyridine rings is 2. The lowest BCUT2D eigenvalue weighted by atomic mass is 10.2. The van der Waals surface area contributed by atoms with E-state index in [0.29, 0.717) is 5.69 Å². The average Bonchev–Trinajstić information content (AvgIpc) is 3.02. The molecule has 1 N–H and O–H groups in total. The van der Waals surface area contributed by atoms with Crippen LogP contribution in [0.4, 0.5) is 15.9 Å². The monoisotopic (exact) mass is 286 g/mol. The summed E-state index contributed by atoms with van der Waals surface area (Å²) in [4.78, 5) is 22.1. The Hall–Kier alpha value is -2.50. The van der Waals surface area contributed by atoms with Gasteiger partial charge in [-0.2, -0.15) is 4.39 Å². The Bertz CT molecular complexity index is 656. The molecule has 0 unspecified atom stereocenters. The van der Waals surface area contributed by atoms with Gasteiger partial charge in [-0.15, -0.1) is 0 Å². The van der Waals surface area contributed by atoms with Gasteiger partial charge in [0, 0.05) is 25.5 Å². The second-order valence-electron chi connectivity index (χ2n) is 4.86. The molecule has 1 aliphatic heterocycles. The van der Waals surface area contributed by atoms with Crippen molar-refractivity contribution in [1.82, 2.24) is 9.97 Å². The Kier molecular flexibility index (Phi) is 3.77. The second kappa shape index (κ2) is 5.87. The smallest absolute Gasteiger partial charge is 0.260 e. The molecular weight excluding hydrogens is 271 g/mol. The van der Waals surface area contributed by atoms with Crippen LogP contribution in [0.2, 0.25) is 0 Å². The topological polar surface area (TPSA) is 58.1 Å². The molecule has 0 saturated carbocycles. The van der Waals surface area contributed by atoms with E-state index in [0.717, 1.165) is 31.7 Å². The third-order valence-electron chi connectivity index (χ3n) is 3.44. The van der Waals surface area contributed by atoms with Crippen LogP contribution in [0.25, 0.3) is 0 Å². The first kappa shape index (κ1) is 13.5. The highest BCUT2D eigenvalue weighted by Gasteiger charge is 2.19. The minimum Gasteiger partial charge on any atom is -0.355 e. The fraction of sp³-hybridized carbons (Fsp3) is 0.267. The van der Waals surface area contributed by atoms with Gasteiger partial charge in [-0.1, -0.05) is 0 Å². The second-order valence-corrected chi connectivity index (χ2v) is 4.86. The van der Waals surface area contributed by atoms with E-state index in [2.05, 4.69) is 20.2 Å². The summed E-state index contributed by atoms with van der Waals surface area (Å²) >= 11 is 0. The quantitative estimate of drug-likeness (QED) is 0.881. The van der Waals surface area contributed by atoms with Crippen LogP contribution in [-0.4, -0.2) is 29.0 Å². The van der Waals surface area contributed by atoms with E-state index in [1.165, 1.54) is 18.3 Å². The number of amides is 1. The normalized spacial score (nSPS) is 14.2. The molecule has 0 spiro atoms. The zero-order valence-corrected chi connectivity index (χ0v) is 11.4. The van der Waals surface area contributed by atoms with E-state index in [1.54, 1.807) is 18.3 Å². The number of halogens is 1. The SMILES string of the molecule is O=C(Nc1cccnc1N1CCCC1)c1cccnc1F. The standard InChI is InChI=1S/C15H15FN4O/c16-13-11(5-3-7-17-13)15(21)19-12-6-4-8-18-14(12)20-9-1-2-10-20/h3-8H,1-2,9-10H2,(H,19,21). The van der Waals surface area contributed by atoms with Crippen LogP contribution in [0.1, 0.15) is 23.2 Å². The van der Waals surface area contributed by atoms with Crippen molar-refractivity contribution >= 4 is 17.4 Å². The highest BCUT2D eigenvalue weighted by atomic mass is 19.1. The molecule has 1 fully saturated rings. The van der Waals surface area contributed by atoms with Gasteiger partial charge in [0.05, 0.1) is 11.3 Å². The van der Waals surface area contributed by atoms with Gasteiger partial charge in [0.25, 0.3) is 5.91 Å². The van der Waals surface area contributed by atoms with Crippen molar-refractivity contribution in [2.75, 3.05) is 23.3 Å². The maximum atomic E-state index is 13.5. The Balaban J connectivity index is 1.85. The fourth-order valence-corrected chi connectivity index (χ4v) is 2.42. The molecule has 1 amide bonds. The number of rotatable bonds is 3. The first-order valence-corrected chi connectivity index (χ1v) is 6.87. The predicted octanol–water partition coefficient (Wildman–Crippen LogP) is 2.47. The van der Waals surface area contributed by atoms with E-state index in [-0.39, 0.29) is 5.56 Å². The molecule has 2 aromatic rings. The van der Waals surface area contributed by atoms with Crippen molar-refractivity contribution in [2.45, 2.75) is 12.8 Å². The lowest BCUT2D eigenvalue weighted by molar-refractivity contribution is 0.102. The summed E-state index contributed by atoms with van der Waals surface area (Å²) in [7, 11) is 0. The highest BCUT2D eigenvalue weighted by molar-refractivity contribution is 6.05. The fourth-order valence-electron chi connectivity index (χ4n) is 2.42. The van der Waals surface area contributed by atoms with Crippen LogP contribution in [0.15, 0.2) is 36.7 Å². The molecule has 6 heteroatoms. The van der Waals surface area contributed by atoms with E-state index in [1.807, 2.05) is 0 Å². The summed E-state index contributed by atoms with van der Waals surface area (Å²) in [6, 6.07) is 6.45. The Morgan fingerprint density at radius 3 is 2.62 bits per heavy atom. The predicted molar refractivity (Wildman–Crippen MR) is 77.8 cm³/mol. The van der Waals surface area contributed by atoms with Crippen molar-refractivity contribution in [3.63, 3.8) is 0 Å². The van der Waals surface area contributed by atoms with Gasteiger partial charge in [-0.25, -0.2) is 9.97 Å². The number of carbonyl (C=O) groups excluding carboxylic acids is 1. The van der Waals surface area contributed by atoms with Gasteiger partial charge >= 0.3 is 0 Å². The number of anilines is 2. The minimum atomic E-state index is -0.776. The molecule has 1 saturated heterocycles. The zero-order valence-electron chi connectivity index (χ0n) is 11.4. The van der Waals surface area contributed by atoms with E-state index < -0.39 is 11.9 Å². The van der Waals surface area contributed by atoms with Gasteiger partial charge in [0.1, 0.15) is 0 Å². The van der Waals surface area contributed by atoms with Gasteiger partial charge in [-0.3, -0.25) is 4.79 Å². The van der Waals surface area contributed by atoms with Crippen LogP contribution < -0.4 is 10.2 Å². The third kappa shape index (κ3) is 2.84. The molecule has 0 aliphatic carbocycles. The van der Waals surface area contributed by atoms with Gasteiger partial charge in [-0.05, 0) is 37.1 Å². The molecule has 3 heterocycles. The van der Waals surface area contributed by atoms with Gasteiger partial charge < -0.3 is 10.2 Å². The van der Waals surface area contributed by atoms with Crippen molar-refractivity contribution in [3.05, 3.63) is 48.2 Å². The van der Waals surface area contributed by atoms with Crippen LogP contribution >= 0.6 is 0 Å². The number of carbonyl (C=O) groups is 1. The molecular formula is C15H15FN4O. The van der Waals surface area contributed by atoms with E-state index in [4.69, 9.17) is 0 Å². The molecule has 0 aromatic carbocycles. The Labute approximate surface area is 121 Å². The number of nitrogens with zero attached hydrogens (tertiary/aromatic N) is 3. The van der Waals surface area contributed by atoms with Gasteiger partial charge in [0.2, 0.25) is 5.95 Å². The van der Waals surface area contributed by atoms with Crippen LogP contribution in [-0.2, 0) is 0 Å². The van der Waals surface area contributed by atoms with Gasteiger partial charge in [0.15, 0.2) is 5.82 Å². The van der Waals surface area contributed by atoms with E-state index in [9.17, 15) is 9.18 Å². The summed E-state index contributed by atoms with van der Waals surface area (Å²) < 4.78 is 13.5. The molecule has 2 aromatic heterocycles. The van der Waals surface area contributed by atoms with Crippen molar-refractivity contribution in [1.29, 1.82) is 0 Å². The molecule has 108 valence electrons. The van der Waals surface area contributed by atoms with Crippen molar-refractivity contribution in [2.24, 2.45) is 0 Å². The molecule has 0 atom stereocenters. The molecule has 0 radical (unpaired) electrons. The maximum absolute atomic E-state index is 13.5. The maximum Gasteiger partial charge on any atom is 0.260 e. The van der Waals surface area contributed by atoms with Crippen molar-refractivity contribution < 1.29 is 9.18 Å². The van der Waals surface area contributed by atoms with Crippen LogP contribution in [0, 0.1) is 5.95 Å². The minimum absolute atomic E-state index is 0.0753. The highest BCUT2D eigenvalue weighted by Crippen LogP contribution is 2.26. The van der Waals surface area contributed by atoms with E-state index >= 15 is 0 Å². The molecule has 21 heavy (non-hydrogen) atoms. The number of hydrogen-bond acceptors (Lipinski definition) is 4. The summed E-state index contributed by atoms with van der Waals surface area (Å²) in [6.07, 6.45) is 5.22. The molecule has 1 aliphatic rings. The van der Waals surface area contributed by atoms with Crippen LogP contribution in [0.3, 0.4) is 0 Å². The average molecular weight is 286 g/mol. The third-order valence-corrected chi connectivity index (χ3v) is 3.44. The first-order valence-electron chi connectivity index (χ1n) is 6.87. The summed E-state index contributed by atoms with van der Waals surface area (Å²) in [5, 5.41) is 2.72. The lowest BCUT2D eigenvalue weighted by Gasteiger charge is -2.19. The van der Waals surface area contributed by atoms with Crippen molar-refractivity contribution in [3.8, 4) is 0 Å². The van der Waals surface area contributed by atoms with Crippen LogP contribution in [0.5, 0.6) is 0 Å². The molecule has 3 rings (SSSR count). The first-order chi connectivity index (χ1) is 10.3. The number of hydrogen-bond donors (Lipinski definition) is 1. The Morgan fingerprint density at radius 1 is 1.14 bits per heavy atom. The Morgan fingerprint density at radius 2 is 1.86 bits per heavy atom. The summed E-state index contributed by atoms with van der Waals surface area (Å²) in [5.74, 6) is -0.566. The largest absolute Gasteiger partial charge is 0.355 e. The molecule has 5 nitrogen and oxygen atoms in total. The summed E-state index contributed by atoms with van der Waals surface area (Å²) in [5.41, 5.74) is 0.515. The summed E-state index contributed by atoms with van der Waals surface area (Å²) in [6.45, 7) is 1.84. The number of nitrogens with one attached hydrogen (secondary N) is 1. The number of aromatic nitrogens is 2.